The molecule has 0 amide bonds. The fraction of sp³-hybridized carbons (Fsp3) is 0.462. The standard InChI is InChI=1S/C13H15BrClNO4S/c1-8-4-5-16(11(6-8)13(17)18)21(19,20)12-3-2-9(14)7-10(12)15/h2-3,7-8,11H,4-6H2,1H3,(H,17,18). The van der Waals surface area contributed by atoms with E-state index < -0.39 is 22.0 Å². The van der Waals surface area contributed by atoms with Gasteiger partial charge in [0.05, 0.1) is 5.02 Å². The summed E-state index contributed by atoms with van der Waals surface area (Å²) in [5.41, 5.74) is 0. The van der Waals surface area contributed by atoms with Crippen LogP contribution in [0.5, 0.6) is 0 Å². The smallest absolute Gasteiger partial charge is 0.322 e. The van der Waals surface area contributed by atoms with Crippen LogP contribution in [0.25, 0.3) is 0 Å². The van der Waals surface area contributed by atoms with Crippen molar-refractivity contribution < 1.29 is 18.3 Å². The molecule has 21 heavy (non-hydrogen) atoms. The van der Waals surface area contributed by atoms with Gasteiger partial charge in [0.2, 0.25) is 10.0 Å². The summed E-state index contributed by atoms with van der Waals surface area (Å²) < 4.78 is 27.1. The Morgan fingerprint density at radius 3 is 2.71 bits per heavy atom. The van der Waals surface area contributed by atoms with Crippen LogP contribution < -0.4 is 0 Å². The predicted molar refractivity (Wildman–Crippen MR) is 82.9 cm³/mol. The van der Waals surface area contributed by atoms with Crippen LogP contribution in [0, 0.1) is 5.92 Å². The number of sulfonamides is 1. The molecule has 0 aliphatic carbocycles. The molecule has 5 nitrogen and oxygen atoms in total. The van der Waals surface area contributed by atoms with E-state index in [4.69, 9.17) is 11.6 Å². The minimum atomic E-state index is -3.93. The van der Waals surface area contributed by atoms with E-state index in [1.165, 1.54) is 12.1 Å². The molecule has 0 spiro atoms. The summed E-state index contributed by atoms with van der Waals surface area (Å²) in [4.78, 5) is 11.3. The first kappa shape index (κ1) is 16.7. The molecule has 0 saturated carbocycles. The fourth-order valence-corrected chi connectivity index (χ4v) is 5.06. The van der Waals surface area contributed by atoms with E-state index >= 15 is 0 Å². The van der Waals surface area contributed by atoms with Crippen molar-refractivity contribution in [3.8, 4) is 0 Å². The van der Waals surface area contributed by atoms with Gasteiger partial charge in [0.1, 0.15) is 10.9 Å². The largest absolute Gasteiger partial charge is 0.480 e. The molecule has 2 atom stereocenters. The molecule has 0 aromatic heterocycles. The first-order valence-electron chi connectivity index (χ1n) is 6.43. The van der Waals surface area contributed by atoms with E-state index in [2.05, 4.69) is 15.9 Å². The van der Waals surface area contributed by atoms with Crippen LogP contribution in [0.15, 0.2) is 27.6 Å². The summed E-state index contributed by atoms with van der Waals surface area (Å²) in [5.74, 6) is -0.948. The molecule has 1 saturated heterocycles. The summed E-state index contributed by atoms with van der Waals surface area (Å²) in [7, 11) is -3.93. The van der Waals surface area contributed by atoms with E-state index in [0.717, 1.165) is 4.31 Å². The van der Waals surface area contributed by atoms with Gasteiger partial charge < -0.3 is 5.11 Å². The van der Waals surface area contributed by atoms with Crippen LogP contribution in [0.1, 0.15) is 19.8 Å². The quantitative estimate of drug-likeness (QED) is 0.852. The normalized spacial score (nSPS) is 24.0. The molecule has 1 aliphatic heterocycles. The number of hydrogen-bond donors (Lipinski definition) is 1. The molecule has 1 aliphatic rings. The van der Waals surface area contributed by atoms with Crippen molar-refractivity contribution in [1.82, 2.24) is 4.31 Å². The second kappa shape index (κ2) is 6.24. The van der Waals surface area contributed by atoms with Gasteiger partial charge >= 0.3 is 5.97 Å². The molecule has 0 bridgehead atoms. The Balaban J connectivity index is 2.44. The van der Waals surface area contributed by atoms with Crippen LogP contribution in [0.3, 0.4) is 0 Å². The maximum Gasteiger partial charge on any atom is 0.322 e. The maximum atomic E-state index is 12.7. The summed E-state index contributed by atoms with van der Waals surface area (Å²) in [6.45, 7) is 2.11. The lowest BCUT2D eigenvalue weighted by Crippen LogP contribution is -2.49. The molecule has 116 valence electrons. The van der Waals surface area contributed by atoms with Gasteiger partial charge in [-0.25, -0.2) is 8.42 Å². The number of halogens is 2. The van der Waals surface area contributed by atoms with E-state index in [0.29, 0.717) is 17.3 Å². The van der Waals surface area contributed by atoms with Gasteiger partial charge in [-0.3, -0.25) is 4.79 Å². The molecule has 8 heteroatoms. The number of hydrogen-bond acceptors (Lipinski definition) is 3. The van der Waals surface area contributed by atoms with Crippen molar-refractivity contribution in [3.05, 3.63) is 27.7 Å². The van der Waals surface area contributed by atoms with E-state index in [1.807, 2.05) is 6.92 Å². The zero-order chi connectivity index (χ0) is 15.8. The number of carboxylic acid groups (broad SMARTS) is 1. The molecule has 2 rings (SSSR count). The van der Waals surface area contributed by atoms with Crippen molar-refractivity contribution in [2.45, 2.75) is 30.7 Å². The van der Waals surface area contributed by atoms with Crippen molar-refractivity contribution >= 4 is 43.5 Å². The lowest BCUT2D eigenvalue weighted by atomic mass is 9.94. The van der Waals surface area contributed by atoms with E-state index in [-0.39, 0.29) is 22.4 Å². The summed E-state index contributed by atoms with van der Waals surface area (Å²) in [6.07, 6.45) is 0.944. The fourth-order valence-electron chi connectivity index (χ4n) is 2.44. The van der Waals surface area contributed by atoms with Gasteiger partial charge in [0.15, 0.2) is 0 Å². The van der Waals surface area contributed by atoms with E-state index in [9.17, 15) is 18.3 Å². The molecular formula is C13H15BrClNO4S. The van der Waals surface area contributed by atoms with E-state index in [1.54, 1.807) is 6.07 Å². The summed E-state index contributed by atoms with van der Waals surface area (Å²) in [5, 5.41) is 9.38. The maximum absolute atomic E-state index is 12.7. The zero-order valence-electron chi connectivity index (χ0n) is 11.3. The minimum absolute atomic E-state index is 0.0619. The molecular weight excluding hydrogens is 382 g/mol. The van der Waals surface area contributed by atoms with Crippen LogP contribution in [0.2, 0.25) is 5.02 Å². The molecule has 2 unspecified atom stereocenters. The average Bonchev–Trinajstić information content (AvgIpc) is 2.37. The Labute approximate surface area is 137 Å². The molecule has 1 N–H and O–H groups in total. The predicted octanol–water partition coefficient (Wildman–Crippen LogP) is 2.98. The summed E-state index contributed by atoms with van der Waals surface area (Å²) in [6, 6.07) is 3.40. The first-order valence-corrected chi connectivity index (χ1v) is 9.04. The number of piperidine rings is 1. The summed E-state index contributed by atoms with van der Waals surface area (Å²) >= 11 is 9.22. The third-order valence-corrected chi connectivity index (χ3v) is 6.47. The van der Waals surface area contributed by atoms with Gasteiger partial charge in [-0.2, -0.15) is 4.31 Å². The molecule has 1 heterocycles. The average molecular weight is 397 g/mol. The second-order valence-electron chi connectivity index (χ2n) is 5.17. The van der Waals surface area contributed by atoms with Gasteiger partial charge in [0, 0.05) is 11.0 Å². The number of nitrogens with zero attached hydrogens (tertiary/aromatic N) is 1. The van der Waals surface area contributed by atoms with Crippen molar-refractivity contribution in [2.75, 3.05) is 6.54 Å². The highest BCUT2D eigenvalue weighted by molar-refractivity contribution is 9.10. The third kappa shape index (κ3) is 3.41. The Morgan fingerprint density at radius 2 is 2.14 bits per heavy atom. The lowest BCUT2D eigenvalue weighted by molar-refractivity contribution is -0.143. The topological polar surface area (TPSA) is 74.7 Å². The number of carbonyl (C=O) groups is 1. The number of carboxylic acids is 1. The monoisotopic (exact) mass is 395 g/mol. The second-order valence-corrected chi connectivity index (χ2v) is 8.36. The first-order chi connectivity index (χ1) is 9.73. The van der Waals surface area contributed by atoms with Crippen molar-refractivity contribution in [2.24, 2.45) is 5.92 Å². The van der Waals surface area contributed by atoms with Gasteiger partial charge in [0.25, 0.3) is 0 Å². The molecule has 1 aromatic rings. The SMILES string of the molecule is CC1CCN(S(=O)(=O)c2ccc(Br)cc2Cl)C(C(=O)O)C1. The van der Waals surface area contributed by atoms with Crippen molar-refractivity contribution in [3.63, 3.8) is 0 Å². The Bertz CT molecular complexity index is 664. The van der Waals surface area contributed by atoms with Crippen LogP contribution in [-0.2, 0) is 14.8 Å². The number of rotatable bonds is 3. The van der Waals surface area contributed by atoms with Crippen molar-refractivity contribution in [1.29, 1.82) is 0 Å². The Morgan fingerprint density at radius 1 is 1.48 bits per heavy atom. The molecule has 1 aromatic carbocycles. The molecule has 1 fully saturated rings. The Kier molecular flexibility index (Phi) is 4.97. The highest BCUT2D eigenvalue weighted by atomic mass is 79.9. The molecule has 0 radical (unpaired) electrons. The number of benzene rings is 1. The zero-order valence-corrected chi connectivity index (χ0v) is 14.4. The highest BCUT2D eigenvalue weighted by Crippen LogP contribution is 2.32. The van der Waals surface area contributed by atoms with Crippen LogP contribution in [-0.4, -0.2) is 36.4 Å². The Hall–Kier alpha value is -0.630. The lowest BCUT2D eigenvalue weighted by Gasteiger charge is -2.35. The number of aliphatic carboxylic acids is 1. The minimum Gasteiger partial charge on any atom is -0.480 e. The third-order valence-electron chi connectivity index (χ3n) is 3.58. The highest BCUT2D eigenvalue weighted by Gasteiger charge is 2.40. The van der Waals surface area contributed by atoms with Gasteiger partial charge in [-0.1, -0.05) is 34.5 Å². The van der Waals surface area contributed by atoms with Crippen LogP contribution in [0.4, 0.5) is 0 Å². The van der Waals surface area contributed by atoms with Gasteiger partial charge in [-0.05, 0) is 37.0 Å². The van der Waals surface area contributed by atoms with Crippen LogP contribution >= 0.6 is 27.5 Å². The van der Waals surface area contributed by atoms with Gasteiger partial charge in [-0.15, -0.1) is 0 Å².